The quantitative estimate of drug-likeness (QED) is 0.706. The minimum absolute atomic E-state index is 0.213. The number of fused-ring (bicyclic) bond motifs is 1. The number of amides is 2. The van der Waals surface area contributed by atoms with Crippen molar-refractivity contribution in [1.29, 1.82) is 0 Å². The Morgan fingerprint density at radius 2 is 1.89 bits per heavy atom. The van der Waals surface area contributed by atoms with Crippen LogP contribution in [0.15, 0.2) is 29.6 Å². The van der Waals surface area contributed by atoms with Crippen molar-refractivity contribution in [2.45, 2.75) is 45.1 Å². The summed E-state index contributed by atoms with van der Waals surface area (Å²) in [6.45, 7) is 1.41. The number of aromatic nitrogens is 3. The van der Waals surface area contributed by atoms with Crippen molar-refractivity contribution in [3.63, 3.8) is 0 Å². The van der Waals surface area contributed by atoms with E-state index in [0.29, 0.717) is 17.1 Å². The van der Waals surface area contributed by atoms with Gasteiger partial charge in [-0.1, -0.05) is 31.4 Å². The number of rotatable bonds is 4. The number of benzene rings is 1. The maximum absolute atomic E-state index is 12.7. The van der Waals surface area contributed by atoms with Gasteiger partial charge in [-0.25, -0.2) is 9.97 Å². The molecule has 0 bridgehead atoms. The van der Waals surface area contributed by atoms with Crippen LogP contribution in [0.4, 0.5) is 11.1 Å². The highest BCUT2D eigenvalue weighted by atomic mass is 32.1. The van der Waals surface area contributed by atoms with Crippen molar-refractivity contribution in [2.75, 3.05) is 10.6 Å². The first kappa shape index (κ1) is 17.7. The fourth-order valence-electron chi connectivity index (χ4n) is 3.59. The molecule has 3 aromatic rings. The summed E-state index contributed by atoms with van der Waals surface area (Å²) in [5.74, 6) is 0.0211. The van der Waals surface area contributed by atoms with Gasteiger partial charge < -0.3 is 9.88 Å². The zero-order valence-corrected chi connectivity index (χ0v) is 15.9. The summed E-state index contributed by atoms with van der Waals surface area (Å²) < 4.78 is 2.16. The van der Waals surface area contributed by atoms with Gasteiger partial charge in [-0.2, -0.15) is 0 Å². The summed E-state index contributed by atoms with van der Waals surface area (Å²) in [6.07, 6.45) is 5.82. The maximum Gasteiger partial charge on any atom is 0.277 e. The first-order valence-corrected chi connectivity index (χ1v) is 10.0. The van der Waals surface area contributed by atoms with Crippen molar-refractivity contribution in [1.82, 2.24) is 14.5 Å². The third kappa shape index (κ3) is 3.71. The van der Waals surface area contributed by atoms with Gasteiger partial charge in [-0.15, -0.1) is 11.3 Å². The average molecular weight is 383 g/mol. The molecule has 1 aliphatic carbocycles. The number of carbonyl (C=O) groups excluding carboxylic acids is 2. The van der Waals surface area contributed by atoms with E-state index in [2.05, 4.69) is 25.2 Å². The molecule has 1 aromatic carbocycles. The van der Waals surface area contributed by atoms with Crippen LogP contribution >= 0.6 is 11.3 Å². The molecule has 2 aromatic heterocycles. The van der Waals surface area contributed by atoms with Gasteiger partial charge in [0.25, 0.3) is 5.91 Å². The Morgan fingerprint density at radius 1 is 1.11 bits per heavy atom. The number of para-hydroxylation sites is 2. The lowest BCUT2D eigenvalue weighted by atomic mass is 9.95. The van der Waals surface area contributed by atoms with Crippen LogP contribution in [0.2, 0.25) is 0 Å². The van der Waals surface area contributed by atoms with Crippen LogP contribution in [0.1, 0.15) is 55.6 Å². The highest BCUT2D eigenvalue weighted by molar-refractivity contribution is 7.14. The van der Waals surface area contributed by atoms with Crippen LogP contribution in [0.25, 0.3) is 11.0 Å². The van der Waals surface area contributed by atoms with Crippen LogP contribution in [-0.4, -0.2) is 26.3 Å². The molecule has 0 unspecified atom stereocenters. The summed E-state index contributed by atoms with van der Waals surface area (Å²) >= 11 is 1.22. The number of imidazole rings is 1. The molecule has 2 heterocycles. The molecule has 1 aliphatic rings. The zero-order chi connectivity index (χ0) is 18.8. The van der Waals surface area contributed by atoms with Crippen LogP contribution in [-0.2, 0) is 4.79 Å². The molecule has 0 atom stereocenters. The Bertz CT molecular complexity index is 987. The van der Waals surface area contributed by atoms with Gasteiger partial charge in [-0.3, -0.25) is 14.9 Å². The lowest BCUT2D eigenvalue weighted by molar-refractivity contribution is -0.114. The summed E-state index contributed by atoms with van der Waals surface area (Å²) in [4.78, 5) is 32.7. The van der Waals surface area contributed by atoms with Gasteiger partial charge >= 0.3 is 0 Å². The molecule has 1 saturated carbocycles. The third-order valence-electron chi connectivity index (χ3n) is 4.78. The zero-order valence-electron chi connectivity index (χ0n) is 15.1. The van der Waals surface area contributed by atoms with E-state index in [1.165, 1.54) is 37.5 Å². The van der Waals surface area contributed by atoms with Crippen molar-refractivity contribution in [3.8, 4) is 0 Å². The summed E-state index contributed by atoms with van der Waals surface area (Å²) in [7, 11) is 0. The molecule has 27 heavy (non-hydrogen) atoms. The van der Waals surface area contributed by atoms with E-state index in [-0.39, 0.29) is 17.5 Å². The topological polar surface area (TPSA) is 88.9 Å². The Hall–Kier alpha value is -2.74. The lowest BCUT2D eigenvalue weighted by Gasteiger charge is -2.25. The molecule has 2 amide bonds. The number of anilines is 2. The fraction of sp³-hybridized carbons (Fsp3) is 0.368. The molecule has 140 valence electrons. The normalized spacial score (nSPS) is 15.0. The summed E-state index contributed by atoms with van der Waals surface area (Å²) in [5.41, 5.74) is 2.18. The molecule has 0 spiro atoms. The number of hydrogen-bond acceptors (Lipinski definition) is 5. The Kier molecular flexibility index (Phi) is 4.89. The third-order valence-corrected chi connectivity index (χ3v) is 5.54. The van der Waals surface area contributed by atoms with Crippen molar-refractivity contribution >= 4 is 45.3 Å². The Morgan fingerprint density at radius 3 is 2.67 bits per heavy atom. The van der Waals surface area contributed by atoms with E-state index in [1.807, 2.05) is 24.3 Å². The molecule has 7 nitrogen and oxygen atoms in total. The van der Waals surface area contributed by atoms with Crippen LogP contribution in [0.3, 0.4) is 0 Å². The number of nitrogens with one attached hydrogen (secondary N) is 2. The minimum atomic E-state index is -0.324. The van der Waals surface area contributed by atoms with Crippen molar-refractivity contribution < 1.29 is 9.59 Å². The number of thiazole rings is 1. The second-order valence-electron chi connectivity index (χ2n) is 6.76. The van der Waals surface area contributed by atoms with Gasteiger partial charge in [0.1, 0.15) is 5.69 Å². The van der Waals surface area contributed by atoms with E-state index in [1.54, 1.807) is 5.38 Å². The van der Waals surface area contributed by atoms with Crippen LogP contribution in [0, 0.1) is 0 Å². The molecule has 1 fully saturated rings. The van der Waals surface area contributed by atoms with Crippen molar-refractivity contribution in [3.05, 3.63) is 35.3 Å². The van der Waals surface area contributed by atoms with Gasteiger partial charge in [0.05, 0.1) is 11.0 Å². The van der Waals surface area contributed by atoms with E-state index < -0.39 is 0 Å². The molecule has 0 saturated heterocycles. The largest absolute Gasteiger partial charge is 0.307 e. The monoisotopic (exact) mass is 383 g/mol. The van der Waals surface area contributed by atoms with Gasteiger partial charge in [0, 0.05) is 18.3 Å². The lowest BCUT2D eigenvalue weighted by Crippen LogP contribution is -2.20. The molecule has 8 heteroatoms. The SMILES string of the molecule is CC(=O)Nc1nc(C(=O)Nc2nc3ccccc3n2C2CCCCC2)cs1. The average Bonchev–Trinajstić information content (AvgIpc) is 3.26. The first-order chi connectivity index (χ1) is 13.1. The maximum atomic E-state index is 12.7. The second-order valence-corrected chi connectivity index (χ2v) is 7.62. The minimum Gasteiger partial charge on any atom is -0.307 e. The molecule has 2 N–H and O–H groups in total. The fourth-order valence-corrected chi connectivity index (χ4v) is 4.33. The van der Waals surface area contributed by atoms with Gasteiger partial charge in [0.15, 0.2) is 5.13 Å². The highest BCUT2D eigenvalue weighted by Gasteiger charge is 2.23. The van der Waals surface area contributed by atoms with Gasteiger partial charge in [-0.05, 0) is 25.0 Å². The van der Waals surface area contributed by atoms with E-state index in [9.17, 15) is 9.59 Å². The summed E-state index contributed by atoms with van der Waals surface area (Å²) in [5, 5.41) is 7.56. The molecular weight excluding hydrogens is 362 g/mol. The predicted molar refractivity (Wildman–Crippen MR) is 106 cm³/mol. The smallest absolute Gasteiger partial charge is 0.277 e. The van der Waals surface area contributed by atoms with E-state index in [0.717, 1.165) is 23.9 Å². The number of hydrogen-bond donors (Lipinski definition) is 2. The standard InChI is InChI=1S/C19H21N5O2S/c1-12(25)20-19-22-15(11-27-19)17(26)23-18-21-14-9-5-6-10-16(14)24(18)13-7-3-2-4-8-13/h5-6,9-11,13H,2-4,7-8H2,1H3,(H,20,22,25)(H,21,23,26). The van der Waals surface area contributed by atoms with E-state index in [4.69, 9.17) is 0 Å². The van der Waals surface area contributed by atoms with Crippen molar-refractivity contribution in [2.24, 2.45) is 0 Å². The number of nitrogens with zero attached hydrogens (tertiary/aromatic N) is 3. The van der Waals surface area contributed by atoms with Gasteiger partial charge in [0.2, 0.25) is 11.9 Å². The first-order valence-electron chi connectivity index (χ1n) is 9.13. The highest BCUT2D eigenvalue weighted by Crippen LogP contribution is 2.34. The molecule has 0 aliphatic heterocycles. The molecule has 4 rings (SSSR count). The Balaban J connectivity index is 1.63. The number of carbonyl (C=O) groups is 2. The summed E-state index contributed by atoms with van der Waals surface area (Å²) in [6, 6.07) is 8.29. The predicted octanol–water partition coefficient (Wildman–Crippen LogP) is 4.21. The van der Waals surface area contributed by atoms with Crippen LogP contribution < -0.4 is 10.6 Å². The molecular formula is C19H21N5O2S. The van der Waals surface area contributed by atoms with E-state index >= 15 is 0 Å². The Labute approximate surface area is 160 Å². The van der Waals surface area contributed by atoms with Crippen LogP contribution in [0.5, 0.6) is 0 Å². The molecule has 0 radical (unpaired) electrons. The second kappa shape index (κ2) is 7.48.